The molecule has 1 aromatic carbocycles. The highest BCUT2D eigenvalue weighted by atomic mass is 32.1. The smallest absolute Gasteiger partial charge is 0.196 e. The summed E-state index contributed by atoms with van der Waals surface area (Å²) in [6.07, 6.45) is 1.81. The van der Waals surface area contributed by atoms with Crippen molar-refractivity contribution < 1.29 is 9.18 Å². The molecule has 0 aliphatic heterocycles. The summed E-state index contributed by atoms with van der Waals surface area (Å²) in [4.78, 5) is 15.4. The van der Waals surface area contributed by atoms with Crippen molar-refractivity contribution in [1.82, 2.24) is 4.57 Å². The first-order valence-electron chi connectivity index (χ1n) is 6.76. The molecule has 0 atom stereocenters. The first kappa shape index (κ1) is 15.0. The zero-order chi connectivity index (χ0) is 16.2. The number of halogens is 1. The van der Waals surface area contributed by atoms with Gasteiger partial charge in [-0.15, -0.1) is 11.3 Å². The lowest BCUT2D eigenvalue weighted by Gasteiger charge is -2.08. The van der Waals surface area contributed by atoms with E-state index in [1.165, 1.54) is 35.6 Å². The van der Waals surface area contributed by atoms with Gasteiger partial charge in [0, 0.05) is 22.4 Å². The quantitative estimate of drug-likeness (QED) is 0.289. The minimum Gasteiger partial charge on any atom is -0.312 e. The van der Waals surface area contributed by atoms with E-state index in [0.29, 0.717) is 11.1 Å². The highest BCUT2D eigenvalue weighted by Gasteiger charge is 2.17. The van der Waals surface area contributed by atoms with Gasteiger partial charge in [-0.2, -0.15) is 0 Å². The average molecular weight is 326 g/mol. The van der Waals surface area contributed by atoms with Crippen LogP contribution in [-0.2, 0) is 6.54 Å². The standard InChI is InChI=1S/C16H11FN4OS/c17-12-5-3-11(4-6-12)15(22)14-7-9-23-16(14)21-8-1-2-13(21)10-19-20-18/h1-9H,10H2. The molecule has 7 heteroatoms. The van der Waals surface area contributed by atoms with Crippen molar-refractivity contribution in [2.75, 3.05) is 0 Å². The van der Waals surface area contributed by atoms with Crippen molar-refractivity contribution in [3.63, 3.8) is 0 Å². The topological polar surface area (TPSA) is 70.8 Å². The molecule has 0 amide bonds. The molecule has 0 saturated heterocycles. The first-order chi connectivity index (χ1) is 11.2. The van der Waals surface area contributed by atoms with E-state index in [4.69, 9.17) is 5.53 Å². The van der Waals surface area contributed by atoms with Crippen LogP contribution in [0, 0.1) is 5.82 Å². The van der Waals surface area contributed by atoms with Gasteiger partial charge in [0.05, 0.1) is 12.1 Å². The summed E-state index contributed by atoms with van der Waals surface area (Å²) in [5.74, 6) is -0.557. The van der Waals surface area contributed by atoms with Crippen molar-refractivity contribution in [3.8, 4) is 5.00 Å². The molecule has 2 aromatic heterocycles. The molecule has 0 bridgehead atoms. The number of carbonyl (C=O) groups excluding carboxylic acids is 1. The largest absolute Gasteiger partial charge is 0.312 e. The fraction of sp³-hybridized carbons (Fsp3) is 0.0625. The lowest BCUT2D eigenvalue weighted by molar-refractivity contribution is 0.103. The van der Waals surface area contributed by atoms with Gasteiger partial charge < -0.3 is 4.57 Å². The van der Waals surface area contributed by atoms with Gasteiger partial charge in [-0.05, 0) is 53.4 Å². The molecule has 0 spiro atoms. The Morgan fingerprint density at radius 2 is 2.04 bits per heavy atom. The van der Waals surface area contributed by atoms with Gasteiger partial charge in [-0.25, -0.2) is 4.39 Å². The maximum Gasteiger partial charge on any atom is 0.196 e. The molecule has 3 aromatic rings. The summed E-state index contributed by atoms with van der Waals surface area (Å²) in [5, 5.41) is 6.13. The average Bonchev–Trinajstić information content (AvgIpc) is 3.21. The molecule has 3 rings (SSSR count). The second-order valence-corrected chi connectivity index (χ2v) is 5.63. The van der Waals surface area contributed by atoms with Crippen molar-refractivity contribution in [3.05, 3.63) is 87.1 Å². The lowest BCUT2D eigenvalue weighted by Crippen LogP contribution is -2.06. The van der Waals surface area contributed by atoms with Gasteiger partial charge in [0.1, 0.15) is 10.8 Å². The maximum atomic E-state index is 13.0. The summed E-state index contributed by atoms with van der Waals surface area (Å²) >= 11 is 1.41. The van der Waals surface area contributed by atoms with Crippen molar-refractivity contribution in [2.24, 2.45) is 5.11 Å². The minimum atomic E-state index is -0.380. The van der Waals surface area contributed by atoms with Gasteiger partial charge in [0.25, 0.3) is 0 Å². The second-order valence-electron chi connectivity index (χ2n) is 4.73. The molecule has 0 N–H and O–H groups in total. The number of thiophene rings is 1. The third-order valence-electron chi connectivity index (χ3n) is 3.34. The minimum absolute atomic E-state index is 0.176. The van der Waals surface area contributed by atoms with Crippen LogP contribution in [0.15, 0.2) is 59.2 Å². The summed E-state index contributed by atoms with van der Waals surface area (Å²) in [7, 11) is 0. The van der Waals surface area contributed by atoms with E-state index in [1.54, 1.807) is 6.07 Å². The van der Waals surface area contributed by atoms with Crippen LogP contribution < -0.4 is 0 Å². The zero-order valence-corrected chi connectivity index (χ0v) is 12.7. The van der Waals surface area contributed by atoms with Crippen LogP contribution in [0.1, 0.15) is 21.6 Å². The molecule has 114 valence electrons. The Balaban J connectivity index is 2.00. The summed E-state index contributed by atoms with van der Waals surface area (Å²) in [5.41, 5.74) is 10.2. The third-order valence-corrected chi connectivity index (χ3v) is 4.26. The van der Waals surface area contributed by atoms with Gasteiger partial charge in [-0.1, -0.05) is 5.11 Å². The Kier molecular flexibility index (Phi) is 4.23. The van der Waals surface area contributed by atoms with Crippen molar-refractivity contribution in [1.29, 1.82) is 0 Å². The molecule has 5 nitrogen and oxygen atoms in total. The monoisotopic (exact) mass is 326 g/mol. The van der Waals surface area contributed by atoms with Crippen molar-refractivity contribution >= 4 is 17.1 Å². The molecule has 2 heterocycles. The lowest BCUT2D eigenvalue weighted by atomic mass is 10.1. The van der Waals surface area contributed by atoms with Gasteiger partial charge in [-0.3, -0.25) is 4.79 Å². The molecule has 23 heavy (non-hydrogen) atoms. The number of aromatic nitrogens is 1. The molecule has 0 radical (unpaired) electrons. The van der Waals surface area contributed by atoms with Crippen LogP contribution in [-0.4, -0.2) is 10.4 Å². The predicted molar refractivity (Wildman–Crippen MR) is 86.3 cm³/mol. The van der Waals surface area contributed by atoms with Crippen LogP contribution in [0.5, 0.6) is 0 Å². The molecule has 0 unspecified atom stereocenters. The maximum absolute atomic E-state index is 13.0. The molecule has 0 fully saturated rings. The fourth-order valence-electron chi connectivity index (χ4n) is 2.26. The van der Waals surface area contributed by atoms with E-state index in [-0.39, 0.29) is 18.1 Å². The van der Waals surface area contributed by atoms with Crippen LogP contribution in [0.2, 0.25) is 0 Å². The second kappa shape index (κ2) is 6.48. The van der Waals surface area contributed by atoms with Crippen LogP contribution in [0.25, 0.3) is 15.4 Å². The van der Waals surface area contributed by atoms with E-state index >= 15 is 0 Å². The summed E-state index contributed by atoms with van der Waals surface area (Å²) in [6.45, 7) is 0.200. The van der Waals surface area contributed by atoms with Crippen LogP contribution in [0.4, 0.5) is 4.39 Å². The Morgan fingerprint density at radius 1 is 1.26 bits per heavy atom. The highest BCUT2D eigenvalue weighted by molar-refractivity contribution is 7.13. The molecular formula is C16H11FN4OS. The number of hydrogen-bond donors (Lipinski definition) is 0. The number of benzene rings is 1. The van der Waals surface area contributed by atoms with Crippen molar-refractivity contribution in [2.45, 2.75) is 6.54 Å². The van der Waals surface area contributed by atoms with E-state index in [1.807, 2.05) is 28.3 Å². The number of carbonyl (C=O) groups is 1. The SMILES string of the molecule is [N-]=[N+]=NCc1cccn1-c1sccc1C(=O)c1ccc(F)cc1. The third kappa shape index (κ3) is 3.01. The fourth-order valence-corrected chi connectivity index (χ4v) is 3.18. The zero-order valence-electron chi connectivity index (χ0n) is 11.9. The number of azide groups is 1. The van der Waals surface area contributed by atoms with Crippen LogP contribution in [0.3, 0.4) is 0 Å². The van der Waals surface area contributed by atoms with Gasteiger partial charge in [0.15, 0.2) is 5.78 Å². The van der Waals surface area contributed by atoms with E-state index in [9.17, 15) is 9.18 Å². The molecule has 0 saturated carbocycles. The Hall–Kier alpha value is -2.89. The van der Waals surface area contributed by atoms with Crippen LogP contribution >= 0.6 is 11.3 Å². The Labute approximate surface area is 135 Å². The number of ketones is 1. The van der Waals surface area contributed by atoms with E-state index in [0.717, 1.165) is 10.7 Å². The molecular weight excluding hydrogens is 315 g/mol. The molecule has 0 aliphatic rings. The Bertz CT molecular complexity index is 891. The van der Waals surface area contributed by atoms with E-state index < -0.39 is 0 Å². The van der Waals surface area contributed by atoms with Gasteiger partial charge in [0.2, 0.25) is 0 Å². The number of nitrogens with zero attached hydrogens (tertiary/aromatic N) is 4. The van der Waals surface area contributed by atoms with Gasteiger partial charge >= 0.3 is 0 Å². The van der Waals surface area contributed by atoms with E-state index in [2.05, 4.69) is 10.0 Å². The highest BCUT2D eigenvalue weighted by Crippen LogP contribution is 2.26. The summed E-state index contributed by atoms with van der Waals surface area (Å²) < 4.78 is 14.8. The first-order valence-corrected chi connectivity index (χ1v) is 7.64. The Morgan fingerprint density at radius 3 is 2.78 bits per heavy atom. The number of rotatable bonds is 5. The normalized spacial score (nSPS) is 10.3. The number of hydrogen-bond acceptors (Lipinski definition) is 3. The molecule has 0 aliphatic carbocycles. The predicted octanol–water partition coefficient (Wildman–Crippen LogP) is 4.72. The summed E-state index contributed by atoms with van der Waals surface area (Å²) in [6, 6.07) is 10.9.